The lowest BCUT2D eigenvalue weighted by atomic mass is 9.84. The topological polar surface area (TPSA) is 151 Å². The van der Waals surface area contributed by atoms with E-state index in [0.29, 0.717) is 25.7 Å². The fourth-order valence-corrected chi connectivity index (χ4v) is 5.00. The molecule has 0 aliphatic carbocycles. The first-order valence-corrected chi connectivity index (χ1v) is 16.0. The number of hydrogen-bond donors (Lipinski definition) is 3. The van der Waals surface area contributed by atoms with Gasteiger partial charge in [0.2, 0.25) is 17.7 Å². The molecule has 3 N–H and O–H groups in total. The van der Waals surface area contributed by atoms with Gasteiger partial charge in [-0.3, -0.25) is 33.8 Å². The van der Waals surface area contributed by atoms with Gasteiger partial charge in [-0.15, -0.1) is 0 Å². The Hall–Kier alpha value is -3.17. The molecule has 1 rings (SSSR count). The number of amides is 3. The van der Waals surface area contributed by atoms with Crippen molar-refractivity contribution in [2.24, 2.45) is 22.7 Å². The van der Waals surface area contributed by atoms with Crippen LogP contribution in [0.15, 0.2) is 16.8 Å². The van der Waals surface area contributed by atoms with Crippen molar-refractivity contribution in [2.75, 3.05) is 6.54 Å². The highest BCUT2D eigenvalue weighted by molar-refractivity contribution is 5.95. The van der Waals surface area contributed by atoms with Crippen molar-refractivity contribution in [3.8, 4) is 0 Å². The van der Waals surface area contributed by atoms with Gasteiger partial charge in [-0.25, -0.2) is 0 Å². The van der Waals surface area contributed by atoms with Crippen LogP contribution in [0, 0.1) is 17.8 Å². The zero-order chi connectivity index (χ0) is 32.4. The van der Waals surface area contributed by atoms with Gasteiger partial charge < -0.3 is 16.0 Å². The number of ketones is 3. The minimum absolute atomic E-state index is 0.0280. The summed E-state index contributed by atoms with van der Waals surface area (Å²) < 4.78 is 0. The summed E-state index contributed by atoms with van der Waals surface area (Å²) in [4.78, 5) is 80.5. The third kappa shape index (κ3) is 15.7. The van der Waals surface area contributed by atoms with E-state index in [-0.39, 0.29) is 79.1 Å². The van der Waals surface area contributed by atoms with Gasteiger partial charge in [-0.1, -0.05) is 66.4 Å². The third-order valence-corrected chi connectivity index (χ3v) is 7.79. The van der Waals surface area contributed by atoms with Crippen molar-refractivity contribution in [3.05, 3.63) is 11.8 Å². The highest BCUT2D eigenvalue weighted by Gasteiger charge is 2.33. The van der Waals surface area contributed by atoms with Crippen molar-refractivity contribution in [2.45, 2.75) is 131 Å². The van der Waals surface area contributed by atoms with Crippen LogP contribution in [0.1, 0.15) is 119 Å². The molecule has 3 amide bonds. The molecule has 1 aliphatic rings. The summed E-state index contributed by atoms with van der Waals surface area (Å²) in [6, 6.07) is -1.60. The number of Topliss-reactive ketones (excluding diaryl/α,β-unsaturated/α-hetero) is 3. The zero-order valence-electron chi connectivity index (χ0n) is 27.1. The summed E-state index contributed by atoms with van der Waals surface area (Å²) in [6.45, 7) is 11.1. The molecule has 0 saturated heterocycles. The monoisotopic (exact) mass is 602 g/mol. The molecule has 0 aromatic rings. The molecule has 1 unspecified atom stereocenters. The van der Waals surface area contributed by atoms with Crippen LogP contribution in [-0.2, 0) is 28.8 Å². The molecule has 10 heteroatoms. The molecule has 242 valence electrons. The van der Waals surface area contributed by atoms with Gasteiger partial charge in [0.05, 0.1) is 18.6 Å². The lowest BCUT2D eigenvalue weighted by Crippen LogP contribution is -2.47. The van der Waals surface area contributed by atoms with E-state index in [1.807, 2.05) is 33.8 Å². The maximum absolute atomic E-state index is 13.6. The van der Waals surface area contributed by atoms with Gasteiger partial charge in [-0.05, 0) is 24.7 Å². The molecular formula is C33H54N4O6. The Balaban J connectivity index is 2.82. The Bertz CT molecular complexity index is 1020. The Morgan fingerprint density at radius 1 is 0.884 bits per heavy atom. The average Bonchev–Trinajstić information content (AvgIpc) is 3.47. The Morgan fingerprint density at radius 2 is 1.60 bits per heavy atom. The number of nitrogens with one attached hydrogen (secondary N) is 3. The lowest BCUT2D eigenvalue weighted by Gasteiger charge is -2.27. The van der Waals surface area contributed by atoms with Gasteiger partial charge in [0.1, 0.15) is 0 Å². The van der Waals surface area contributed by atoms with E-state index in [0.717, 1.165) is 31.4 Å². The standard InChI is InChI=1S/C33H54N4O6/c1-7-9-10-11-14-26(39)21-35-32(42)16-15-30(40)28(18-22(3)4)37-33(43)27(23(5)8-2)20-31(41)29(36-24(6)38)19-25-13-12-17-34-25/h13,17,22-23,27-29H,7-12,14-16,18-21H2,1-6H3,(H,35,42)(H,36,38)(H,37,43)/t23?,27-,28-,29-/m1/s1. The first-order chi connectivity index (χ1) is 20.4. The maximum Gasteiger partial charge on any atom is 0.224 e. The predicted molar refractivity (Wildman–Crippen MR) is 168 cm³/mol. The molecule has 0 spiro atoms. The number of allylic oxidation sites excluding steroid dienone is 1. The number of carbonyl (C=O) groups excluding carboxylic acids is 6. The second-order valence-electron chi connectivity index (χ2n) is 12.1. The second kappa shape index (κ2) is 20.7. The fourth-order valence-electron chi connectivity index (χ4n) is 5.00. The maximum atomic E-state index is 13.6. The van der Waals surface area contributed by atoms with Gasteiger partial charge in [0.25, 0.3) is 0 Å². The van der Waals surface area contributed by atoms with Crippen LogP contribution >= 0.6 is 0 Å². The molecule has 43 heavy (non-hydrogen) atoms. The van der Waals surface area contributed by atoms with E-state index in [9.17, 15) is 28.8 Å². The molecule has 0 bridgehead atoms. The van der Waals surface area contributed by atoms with E-state index in [1.165, 1.54) is 6.92 Å². The average molecular weight is 603 g/mol. The molecule has 0 radical (unpaired) electrons. The Morgan fingerprint density at radius 3 is 2.19 bits per heavy atom. The van der Waals surface area contributed by atoms with E-state index in [2.05, 4.69) is 27.9 Å². The molecule has 0 aromatic carbocycles. The lowest BCUT2D eigenvalue weighted by molar-refractivity contribution is -0.135. The van der Waals surface area contributed by atoms with Crippen molar-refractivity contribution in [3.63, 3.8) is 0 Å². The van der Waals surface area contributed by atoms with Crippen LogP contribution in [0.2, 0.25) is 0 Å². The van der Waals surface area contributed by atoms with E-state index >= 15 is 0 Å². The minimum Gasteiger partial charge on any atom is -0.349 e. The van der Waals surface area contributed by atoms with Gasteiger partial charge in [-0.2, -0.15) is 0 Å². The molecule has 0 aromatic heterocycles. The van der Waals surface area contributed by atoms with E-state index in [1.54, 1.807) is 6.21 Å². The number of aliphatic imine (C=N–C) groups is 1. The van der Waals surface area contributed by atoms with E-state index in [4.69, 9.17) is 0 Å². The van der Waals surface area contributed by atoms with Crippen molar-refractivity contribution < 1.29 is 28.8 Å². The summed E-state index contributed by atoms with van der Waals surface area (Å²) in [6.07, 6.45) is 9.78. The Labute approximate surface area is 257 Å². The summed E-state index contributed by atoms with van der Waals surface area (Å²) in [5.74, 6) is -2.40. The molecule has 0 saturated carbocycles. The van der Waals surface area contributed by atoms with E-state index < -0.39 is 18.0 Å². The number of nitrogens with zero attached hydrogens (tertiary/aromatic N) is 1. The third-order valence-electron chi connectivity index (χ3n) is 7.79. The van der Waals surface area contributed by atoms with Crippen molar-refractivity contribution in [1.82, 2.24) is 16.0 Å². The molecule has 10 nitrogen and oxygen atoms in total. The zero-order valence-corrected chi connectivity index (χ0v) is 27.1. The largest absolute Gasteiger partial charge is 0.349 e. The van der Waals surface area contributed by atoms with Crippen LogP contribution in [0.25, 0.3) is 0 Å². The van der Waals surface area contributed by atoms with Crippen LogP contribution in [0.5, 0.6) is 0 Å². The molecule has 1 aliphatic heterocycles. The molecule has 0 fully saturated rings. The minimum atomic E-state index is -0.800. The summed E-state index contributed by atoms with van der Waals surface area (Å²) in [5, 5.41) is 8.19. The number of hydrogen-bond acceptors (Lipinski definition) is 7. The van der Waals surface area contributed by atoms with Crippen LogP contribution < -0.4 is 16.0 Å². The quantitative estimate of drug-likeness (QED) is 0.148. The summed E-state index contributed by atoms with van der Waals surface area (Å²) >= 11 is 0. The molecular weight excluding hydrogens is 548 g/mol. The summed E-state index contributed by atoms with van der Waals surface area (Å²) in [7, 11) is 0. The highest BCUT2D eigenvalue weighted by Crippen LogP contribution is 2.23. The fraction of sp³-hybridized carbons (Fsp3) is 0.727. The van der Waals surface area contributed by atoms with Gasteiger partial charge in [0, 0.05) is 63.3 Å². The molecule has 4 atom stereocenters. The number of rotatable bonds is 23. The number of carbonyl (C=O) groups is 6. The van der Waals surface area contributed by atoms with Crippen LogP contribution in [0.4, 0.5) is 0 Å². The van der Waals surface area contributed by atoms with Gasteiger partial charge in [0.15, 0.2) is 17.3 Å². The predicted octanol–water partition coefficient (Wildman–Crippen LogP) is 4.40. The smallest absolute Gasteiger partial charge is 0.224 e. The first kappa shape index (κ1) is 37.9. The first-order valence-electron chi connectivity index (χ1n) is 16.0. The van der Waals surface area contributed by atoms with Gasteiger partial charge >= 0.3 is 0 Å². The van der Waals surface area contributed by atoms with Crippen molar-refractivity contribution >= 4 is 41.3 Å². The van der Waals surface area contributed by atoms with Crippen molar-refractivity contribution in [1.29, 1.82) is 0 Å². The number of unbranched alkanes of at least 4 members (excludes halogenated alkanes) is 3. The summed E-state index contributed by atoms with van der Waals surface area (Å²) in [5.41, 5.74) is 0.722. The highest BCUT2D eigenvalue weighted by atomic mass is 16.2. The normalized spacial score (nSPS) is 15.3. The van der Waals surface area contributed by atoms with Crippen LogP contribution in [-0.4, -0.2) is 59.9 Å². The van der Waals surface area contributed by atoms with Crippen LogP contribution in [0.3, 0.4) is 0 Å². The molecule has 1 heterocycles. The second-order valence-corrected chi connectivity index (χ2v) is 12.1. The Kier molecular flexibility index (Phi) is 18.2. The SMILES string of the molecule is CCCCCCC(=O)CNC(=O)CCC(=O)[C@@H](CC(C)C)NC(=O)[C@H](CC(=O)[C@@H](CC1=CCC=N1)NC(C)=O)C(C)CC.